The van der Waals surface area contributed by atoms with E-state index in [1.165, 1.54) is 32.9 Å². The highest BCUT2D eigenvalue weighted by molar-refractivity contribution is 7.99. The van der Waals surface area contributed by atoms with Crippen LogP contribution in [0.2, 0.25) is 0 Å². The number of aryl methyl sites for hydroxylation is 1. The van der Waals surface area contributed by atoms with E-state index in [2.05, 4.69) is 11.4 Å². The first-order chi connectivity index (χ1) is 27.7. The van der Waals surface area contributed by atoms with Crippen LogP contribution in [0.15, 0.2) is 18.2 Å². The second kappa shape index (κ2) is 13.5. The third-order valence-corrected chi connectivity index (χ3v) is 14.1. The van der Waals surface area contributed by atoms with E-state index in [1.54, 1.807) is 12.1 Å². The number of benzene rings is 3. The predicted molar refractivity (Wildman–Crippen MR) is 198 cm³/mol. The normalized spacial score (nSPS) is 28.4. The maximum Gasteiger partial charge on any atom is 0.491 e. The van der Waals surface area contributed by atoms with Crippen molar-refractivity contribution in [1.82, 2.24) is 15.1 Å². The van der Waals surface area contributed by atoms with Crippen molar-refractivity contribution in [2.75, 3.05) is 47.0 Å². The van der Waals surface area contributed by atoms with Crippen molar-refractivity contribution in [1.29, 1.82) is 5.26 Å². The summed E-state index contributed by atoms with van der Waals surface area (Å²) in [6.07, 6.45) is -4.55. The molecule has 7 atom stereocenters. The number of piperazine rings is 1. The number of esters is 2. The number of hydrogen-bond donors (Lipinski definition) is 3. The van der Waals surface area contributed by atoms with Gasteiger partial charge in [0.1, 0.15) is 18.4 Å². The molecule has 0 saturated carbocycles. The molecule has 1 unspecified atom stereocenters. The number of rotatable bonds is 3. The number of methoxy groups -OCH3 is 2. The van der Waals surface area contributed by atoms with Gasteiger partial charge in [0.2, 0.25) is 6.79 Å². The molecule has 3 aromatic carbocycles. The number of carbonyl (C=O) groups excluding carboxylic acids is 2. The van der Waals surface area contributed by atoms with Crippen LogP contribution < -0.4 is 29.0 Å². The lowest BCUT2D eigenvalue weighted by molar-refractivity contribution is -0.189. The van der Waals surface area contributed by atoms with Crippen LogP contribution in [0, 0.1) is 25.2 Å². The Labute approximate surface area is 334 Å². The Bertz CT molecular complexity index is 2340. The summed E-state index contributed by atoms with van der Waals surface area (Å²) in [5, 5.41) is 36.3. The molecule has 7 heterocycles. The third kappa shape index (κ3) is 5.28. The van der Waals surface area contributed by atoms with E-state index in [0.29, 0.717) is 41.6 Å². The van der Waals surface area contributed by atoms with Gasteiger partial charge < -0.3 is 38.6 Å². The molecule has 3 aromatic rings. The SMILES string of the molecule is COc1cc2c(cc1O)CCN[C@]21CS[C@@H]2c3c(OC(=O)C(F)(F)F)c(C)c4c(c3[C@@H](COC1=O)N1C2[C@H]2c3c(cc(C)c(OC)c3O)C[C@@H]([C@@H]1C#N)N2C)OCO4. The number of thioether (sulfide) groups is 1. The number of likely N-dealkylation sites (N-methyl/N-ethyl adjacent to an activating group) is 1. The molecule has 14 nitrogen and oxygen atoms in total. The minimum atomic E-state index is -5.36. The zero-order valence-electron chi connectivity index (χ0n) is 32.0. The molecule has 7 aliphatic heterocycles. The average Bonchev–Trinajstić information content (AvgIpc) is 3.68. The number of aromatic hydroxyl groups is 2. The van der Waals surface area contributed by atoms with Crippen molar-refractivity contribution in [3.05, 3.63) is 62.7 Å². The minimum Gasteiger partial charge on any atom is -0.504 e. The summed E-state index contributed by atoms with van der Waals surface area (Å²) in [6, 6.07) is 3.63. The van der Waals surface area contributed by atoms with Gasteiger partial charge >= 0.3 is 18.1 Å². The van der Waals surface area contributed by atoms with Crippen molar-refractivity contribution in [3.8, 4) is 46.3 Å². The number of ether oxygens (including phenoxy) is 6. The number of carbonyl (C=O) groups is 2. The van der Waals surface area contributed by atoms with Gasteiger partial charge in [-0.3, -0.25) is 15.1 Å². The summed E-state index contributed by atoms with van der Waals surface area (Å²) in [5.41, 5.74) is 2.14. The first-order valence-corrected chi connectivity index (χ1v) is 19.7. The fourth-order valence-corrected chi connectivity index (χ4v) is 11.9. The highest BCUT2D eigenvalue weighted by atomic mass is 32.2. The molecule has 0 radical (unpaired) electrons. The molecular formula is C40H39F3N4O10S. The van der Waals surface area contributed by atoms with E-state index < -0.39 is 65.7 Å². The van der Waals surface area contributed by atoms with Gasteiger partial charge in [-0.15, -0.1) is 11.8 Å². The van der Waals surface area contributed by atoms with E-state index in [9.17, 15) is 38.2 Å². The van der Waals surface area contributed by atoms with Gasteiger partial charge in [0.25, 0.3) is 0 Å². The summed E-state index contributed by atoms with van der Waals surface area (Å²) in [7, 11) is 4.68. The lowest BCUT2D eigenvalue weighted by Crippen LogP contribution is -2.69. The van der Waals surface area contributed by atoms with E-state index in [-0.39, 0.29) is 69.5 Å². The van der Waals surface area contributed by atoms with Gasteiger partial charge in [-0.2, -0.15) is 18.4 Å². The number of alkyl halides is 3. The molecule has 58 heavy (non-hydrogen) atoms. The molecule has 2 saturated heterocycles. The highest BCUT2D eigenvalue weighted by Gasteiger charge is 2.62. The summed E-state index contributed by atoms with van der Waals surface area (Å²) in [4.78, 5) is 31.5. The molecule has 4 bridgehead atoms. The topological polar surface area (TPSA) is 172 Å². The van der Waals surface area contributed by atoms with Crippen molar-refractivity contribution in [2.24, 2.45) is 0 Å². The monoisotopic (exact) mass is 824 g/mol. The van der Waals surface area contributed by atoms with E-state index >= 15 is 0 Å². The van der Waals surface area contributed by atoms with Crippen LogP contribution in [0.25, 0.3) is 0 Å². The standard InChI is InChI=1S/C40H39F3N4O10S/c1-16-8-19-9-21-22(12-44)47-23-13-54-37(50)39(20-11-25(52-4)24(48)10-18(20)6-7-45-39)14-58-36(30(47)29(46(21)3)26(19)31(49)32(16)53-5)28-27(23)35-34(55-15-56-35)17(2)33(28)57-38(51)40(41,42)43/h8,10-11,21-23,29-30,36,45,48-49H,6-7,9,13-15H2,1-5H3/t21-,22-,23+,29+,30?,36+,39+/m0/s1. The minimum absolute atomic E-state index is 0.0663. The van der Waals surface area contributed by atoms with Crippen LogP contribution in [0.4, 0.5) is 13.2 Å². The number of hydrogen-bond acceptors (Lipinski definition) is 15. The summed E-state index contributed by atoms with van der Waals surface area (Å²) >= 11 is 1.21. The van der Waals surface area contributed by atoms with E-state index in [1.807, 2.05) is 29.8 Å². The zero-order chi connectivity index (χ0) is 41.2. The van der Waals surface area contributed by atoms with Crippen LogP contribution >= 0.6 is 11.8 Å². The van der Waals surface area contributed by atoms with Crippen molar-refractivity contribution in [2.45, 2.75) is 73.9 Å². The number of nitriles is 1. The Kier molecular flexibility index (Phi) is 8.93. The Hall–Kier alpha value is -5.09. The molecule has 0 amide bonds. The van der Waals surface area contributed by atoms with Crippen LogP contribution in [0.5, 0.6) is 40.2 Å². The first-order valence-electron chi connectivity index (χ1n) is 18.6. The van der Waals surface area contributed by atoms with Gasteiger partial charge in [0, 0.05) is 46.6 Å². The van der Waals surface area contributed by atoms with Gasteiger partial charge in [-0.25, -0.2) is 9.59 Å². The molecule has 0 aromatic heterocycles. The molecular weight excluding hydrogens is 786 g/mol. The Balaban J connectivity index is 1.34. The highest BCUT2D eigenvalue weighted by Crippen LogP contribution is 2.64. The number of fused-ring (bicyclic) bond motifs is 9. The molecule has 7 aliphatic rings. The van der Waals surface area contributed by atoms with Crippen molar-refractivity contribution in [3.63, 3.8) is 0 Å². The fraction of sp³-hybridized carbons (Fsp3) is 0.475. The van der Waals surface area contributed by atoms with E-state index in [0.717, 1.165) is 5.56 Å². The largest absolute Gasteiger partial charge is 0.504 e. The second-order valence-electron chi connectivity index (χ2n) is 15.4. The molecule has 1 spiro atoms. The predicted octanol–water partition coefficient (Wildman–Crippen LogP) is 4.53. The van der Waals surface area contributed by atoms with Gasteiger partial charge in [-0.05, 0) is 68.1 Å². The van der Waals surface area contributed by atoms with Gasteiger partial charge in [0.15, 0.2) is 40.0 Å². The van der Waals surface area contributed by atoms with Gasteiger partial charge in [-0.1, -0.05) is 6.07 Å². The summed E-state index contributed by atoms with van der Waals surface area (Å²) in [6.45, 7) is 2.91. The molecule has 18 heteroatoms. The fourth-order valence-electron chi connectivity index (χ4n) is 10.2. The quantitative estimate of drug-likeness (QED) is 0.248. The first kappa shape index (κ1) is 38.4. The number of nitrogens with zero attached hydrogens (tertiary/aromatic N) is 3. The third-order valence-electron chi connectivity index (χ3n) is 12.6. The summed E-state index contributed by atoms with van der Waals surface area (Å²) in [5.74, 6) is -3.17. The smallest absolute Gasteiger partial charge is 0.491 e. The van der Waals surface area contributed by atoms with E-state index in [4.69, 9.17) is 28.4 Å². The van der Waals surface area contributed by atoms with Crippen molar-refractivity contribution < 1.29 is 61.4 Å². The summed E-state index contributed by atoms with van der Waals surface area (Å²) < 4.78 is 77.0. The average molecular weight is 825 g/mol. The lowest BCUT2D eigenvalue weighted by Gasteiger charge is -2.62. The molecule has 10 rings (SSSR count). The Morgan fingerprint density at radius 3 is 2.52 bits per heavy atom. The number of phenolic OH excluding ortho intramolecular Hbond substituents is 2. The van der Waals surface area contributed by atoms with Gasteiger partial charge in [0.05, 0.1) is 37.6 Å². The maximum atomic E-state index is 14.7. The Morgan fingerprint density at radius 1 is 1.05 bits per heavy atom. The zero-order valence-corrected chi connectivity index (χ0v) is 32.8. The van der Waals surface area contributed by atoms with Crippen LogP contribution in [-0.2, 0) is 32.7 Å². The number of halogens is 3. The molecule has 306 valence electrons. The van der Waals surface area contributed by atoms with Crippen LogP contribution in [0.1, 0.15) is 61.8 Å². The van der Waals surface area contributed by atoms with Crippen LogP contribution in [-0.4, -0.2) is 103 Å². The van der Waals surface area contributed by atoms with Crippen LogP contribution in [0.3, 0.4) is 0 Å². The maximum absolute atomic E-state index is 14.7. The number of phenols is 2. The number of nitrogens with one attached hydrogen (secondary N) is 1. The molecule has 0 aliphatic carbocycles. The molecule has 2 fully saturated rings. The lowest BCUT2D eigenvalue weighted by atomic mass is 9.71. The second-order valence-corrected chi connectivity index (χ2v) is 16.5. The van der Waals surface area contributed by atoms with Crippen molar-refractivity contribution >= 4 is 23.7 Å². The Morgan fingerprint density at radius 2 is 1.81 bits per heavy atom. The molecule has 3 N–H and O–H groups in total.